The Morgan fingerprint density at radius 2 is 1.65 bits per heavy atom. The maximum atomic E-state index is 13.7. The van der Waals surface area contributed by atoms with Crippen molar-refractivity contribution in [3.63, 3.8) is 0 Å². The number of carbonyl (C=O) groups excluding carboxylic acids is 1. The number of para-hydroxylation sites is 1. The van der Waals surface area contributed by atoms with E-state index in [0.29, 0.717) is 36.4 Å². The van der Waals surface area contributed by atoms with Crippen LogP contribution in [0.1, 0.15) is 24.0 Å². The number of ether oxygens (including phenoxy) is 2. The van der Waals surface area contributed by atoms with E-state index in [1.807, 2.05) is 18.2 Å². The van der Waals surface area contributed by atoms with E-state index in [1.54, 1.807) is 36.4 Å². The maximum absolute atomic E-state index is 13.7. The molecule has 2 heterocycles. The molecule has 5 rings (SSSR count). The van der Waals surface area contributed by atoms with Crippen molar-refractivity contribution >= 4 is 37.3 Å². The highest BCUT2D eigenvalue weighted by Crippen LogP contribution is 2.41. The van der Waals surface area contributed by atoms with E-state index in [0.717, 1.165) is 6.07 Å². The molecule has 1 fully saturated rings. The highest BCUT2D eigenvalue weighted by atomic mass is 32.2. The fourth-order valence-corrected chi connectivity index (χ4v) is 7.27. The number of nitrogens with zero attached hydrogens (tertiary/aromatic N) is 2. The van der Waals surface area contributed by atoms with Gasteiger partial charge in [-0.1, -0.05) is 30.3 Å². The van der Waals surface area contributed by atoms with Crippen molar-refractivity contribution < 1.29 is 41.3 Å². The number of amides is 1. The summed E-state index contributed by atoms with van der Waals surface area (Å²) < 4.78 is 56.7. The summed E-state index contributed by atoms with van der Waals surface area (Å²) >= 11 is 0. The van der Waals surface area contributed by atoms with Crippen LogP contribution in [0.5, 0.6) is 11.5 Å². The fraction of sp³-hybridized carbons (Fsp3) is 0.333. The maximum Gasteiger partial charge on any atom is 0.292 e. The summed E-state index contributed by atoms with van der Waals surface area (Å²) in [5.41, 5.74) is 0.672. The molecule has 3 aromatic carbocycles. The second kappa shape index (κ2) is 12.3. The molecule has 11 nitrogen and oxygen atoms in total. The fourth-order valence-electron chi connectivity index (χ4n) is 5.14. The summed E-state index contributed by atoms with van der Waals surface area (Å²) in [5, 5.41) is 21.6. The van der Waals surface area contributed by atoms with Crippen LogP contribution in [0.25, 0.3) is 0 Å². The summed E-state index contributed by atoms with van der Waals surface area (Å²) in [5.74, 6) is 0.696. The number of hydrogen-bond acceptors (Lipinski definition) is 9. The van der Waals surface area contributed by atoms with Gasteiger partial charge in [-0.3, -0.25) is 8.98 Å². The van der Waals surface area contributed by atoms with Crippen molar-refractivity contribution in [3.05, 3.63) is 83.9 Å². The largest absolute Gasteiger partial charge is 0.492 e. The van der Waals surface area contributed by atoms with E-state index >= 15 is 0 Å². The molecule has 1 unspecified atom stereocenters. The third-order valence-electron chi connectivity index (χ3n) is 7.24. The van der Waals surface area contributed by atoms with Gasteiger partial charge in [-0.05, 0) is 66.7 Å². The lowest BCUT2D eigenvalue weighted by molar-refractivity contribution is -0.183. The Bertz CT molecular complexity index is 1680. The molecule has 2 N–H and O–H groups in total. The van der Waals surface area contributed by atoms with E-state index in [1.165, 1.54) is 27.6 Å². The van der Waals surface area contributed by atoms with Gasteiger partial charge in [0.15, 0.2) is 0 Å². The lowest BCUT2D eigenvalue weighted by Crippen LogP contribution is -2.40. The standard InChI is InChI=1S/C30H34N2O9S2/c1-42(2,36)41-18-17-39-25-12-10-22(11-13-25)20-31-28-15-14-26(19-27(28)30(34,35)29(31)33)43(37,38)32-16-6-7-23(32)21-40-24-8-4-3-5-9-24/h3-5,8-15,19,23,34-35H,1,6-7,16-18,20-21H2,2H3/t23-,42?/m0/s1. The van der Waals surface area contributed by atoms with Crippen LogP contribution in [0.2, 0.25) is 0 Å². The van der Waals surface area contributed by atoms with Crippen molar-refractivity contribution in [2.24, 2.45) is 0 Å². The molecule has 3 aromatic rings. The van der Waals surface area contributed by atoms with Gasteiger partial charge in [0.2, 0.25) is 10.0 Å². The molecule has 2 atom stereocenters. The molecular formula is C30H34N2O9S2. The van der Waals surface area contributed by atoms with Gasteiger partial charge in [0.25, 0.3) is 11.7 Å². The average molecular weight is 631 g/mol. The lowest BCUT2D eigenvalue weighted by Gasteiger charge is -2.25. The van der Waals surface area contributed by atoms with Crippen molar-refractivity contribution in [1.82, 2.24) is 4.31 Å². The van der Waals surface area contributed by atoms with E-state index in [4.69, 9.17) is 13.7 Å². The Morgan fingerprint density at radius 1 is 0.953 bits per heavy atom. The van der Waals surface area contributed by atoms with Crippen LogP contribution in [-0.2, 0) is 41.1 Å². The number of hydrogen-bond donors (Lipinski definition) is 2. The number of rotatable bonds is 12. The van der Waals surface area contributed by atoms with Crippen LogP contribution in [0.3, 0.4) is 0 Å². The molecule has 0 aliphatic carbocycles. The van der Waals surface area contributed by atoms with E-state index in [-0.39, 0.29) is 48.6 Å². The predicted octanol–water partition coefficient (Wildman–Crippen LogP) is 2.26. The Labute approximate surface area is 251 Å². The first-order valence-electron chi connectivity index (χ1n) is 13.7. The first kappa shape index (κ1) is 31.0. The monoisotopic (exact) mass is 630 g/mol. The molecule has 0 bridgehead atoms. The van der Waals surface area contributed by atoms with Gasteiger partial charge >= 0.3 is 0 Å². The lowest BCUT2D eigenvalue weighted by atomic mass is 10.1. The van der Waals surface area contributed by atoms with Crippen LogP contribution < -0.4 is 14.4 Å². The van der Waals surface area contributed by atoms with E-state index in [2.05, 4.69) is 5.87 Å². The predicted molar refractivity (Wildman–Crippen MR) is 162 cm³/mol. The number of sulfonamides is 1. The highest BCUT2D eigenvalue weighted by molar-refractivity contribution is 7.95. The van der Waals surface area contributed by atoms with Crippen LogP contribution >= 0.6 is 0 Å². The normalized spacial score (nSPS) is 19.7. The molecule has 2 aliphatic rings. The van der Waals surface area contributed by atoms with Gasteiger partial charge < -0.3 is 24.6 Å². The van der Waals surface area contributed by atoms with Crippen molar-refractivity contribution in [2.45, 2.75) is 36.1 Å². The zero-order valence-electron chi connectivity index (χ0n) is 23.6. The van der Waals surface area contributed by atoms with Crippen LogP contribution in [0, 0.1) is 0 Å². The number of anilines is 1. The quantitative estimate of drug-likeness (QED) is 0.175. The molecule has 230 valence electrons. The number of aliphatic hydroxyl groups is 2. The smallest absolute Gasteiger partial charge is 0.292 e. The van der Waals surface area contributed by atoms with Gasteiger partial charge in [-0.25, -0.2) is 12.6 Å². The molecule has 0 spiro atoms. The second-order valence-corrected chi connectivity index (χ2v) is 14.5. The molecule has 1 amide bonds. The first-order chi connectivity index (χ1) is 20.4. The van der Waals surface area contributed by atoms with Crippen LogP contribution in [-0.4, -0.2) is 77.6 Å². The number of benzene rings is 3. The van der Waals surface area contributed by atoms with Crippen LogP contribution in [0.4, 0.5) is 5.69 Å². The number of fused-ring (bicyclic) bond motifs is 1. The Hall–Kier alpha value is -3.46. The second-order valence-electron chi connectivity index (χ2n) is 10.5. The zero-order valence-corrected chi connectivity index (χ0v) is 25.3. The molecule has 0 aromatic heterocycles. The van der Waals surface area contributed by atoms with Gasteiger partial charge in [-0.2, -0.15) is 4.31 Å². The summed E-state index contributed by atoms with van der Waals surface area (Å²) in [6, 6.07) is 19.5. The molecular weight excluding hydrogens is 596 g/mol. The Morgan fingerprint density at radius 3 is 2.35 bits per heavy atom. The number of carbonyl (C=O) groups is 1. The van der Waals surface area contributed by atoms with Crippen LogP contribution in [0.15, 0.2) is 77.7 Å². The van der Waals surface area contributed by atoms with Crippen molar-refractivity contribution in [3.8, 4) is 11.5 Å². The minimum absolute atomic E-state index is 0.00855. The summed E-state index contributed by atoms with van der Waals surface area (Å²) in [4.78, 5) is 14.1. The minimum atomic E-state index is -4.02. The zero-order chi connectivity index (χ0) is 30.8. The van der Waals surface area contributed by atoms with E-state index in [9.17, 15) is 27.6 Å². The van der Waals surface area contributed by atoms with Gasteiger partial charge in [0.1, 0.15) is 24.7 Å². The summed E-state index contributed by atoms with van der Waals surface area (Å²) in [7, 11) is -6.59. The topological polar surface area (TPSA) is 143 Å². The molecule has 1 saturated heterocycles. The van der Waals surface area contributed by atoms with Crippen molar-refractivity contribution in [2.75, 3.05) is 37.5 Å². The summed E-state index contributed by atoms with van der Waals surface area (Å²) in [6.45, 7) is 0.761. The summed E-state index contributed by atoms with van der Waals surface area (Å²) in [6.07, 6.45) is 2.68. The SMILES string of the molecule is C=S(C)(=O)OCCOc1ccc(CN2C(=O)C(O)(O)c3cc(S(=O)(=O)N4CCC[C@H]4COc4ccccc4)ccc32)cc1. The first-order valence-corrected chi connectivity index (χ1v) is 17.2. The average Bonchev–Trinajstić information content (AvgIpc) is 3.53. The minimum Gasteiger partial charge on any atom is -0.492 e. The molecule has 0 saturated carbocycles. The molecule has 2 aliphatic heterocycles. The van der Waals surface area contributed by atoms with Gasteiger partial charge in [0, 0.05) is 18.4 Å². The molecule has 13 heteroatoms. The highest BCUT2D eigenvalue weighted by Gasteiger charge is 2.49. The molecule has 43 heavy (non-hydrogen) atoms. The van der Waals surface area contributed by atoms with Crippen molar-refractivity contribution in [1.29, 1.82) is 0 Å². The van der Waals surface area contributed by atoms with E-state index < -0.39 is 31.5 Å². The Balaban J connectivity index is 1.29. The van der Waals surface area contributed by atoms with Gasteiger partial charge in [0.05, 0.1) is 39.6 Å². The molecule has 0 radical (unpaired) electrons. The Kier molecular flexibility index (Phi) is 8.84. The third kappa shape index (κ3) is 6.87. The third-order valence-corrected chi connectivity index (χ3v) is 9.85. The van der Waals surface area contributed by atoms with Gasteiger partial charge in [-0.15, -0.1) is 0 Å².